The molecule has 0 saturated carbocycles. The molecule has 0 aliphatic carbocycles. The Morgan fingerprint density at radius 2 is 2.00 bits per heavy atom. The van der Waals surface area contributed by atoms with Gasteiger partial charge < -0.3 is 14.6 Å². The smallest absolute Gasteiger partial charge is 0.311 e. The first-order valence-electron chi connectivity index (χ1n) is 7.46. The van der Waals surface area contributed by atoms with E-state index >= 15 is 0 Å². The molecule has 1 aliphatic rings. The average molecular weight is 272 g/mol. The zero-order chi connectivity index (χ0) is 14.4. The molecule has 5 atom stereocenters. The van der Waals surface area contributed by atoms with Crippen LogP contribution in [0.25, 0.3) is 0 Å². The first-order valence-corrected chi connectivity index (χ1v) is 7.46. The van der Waals surface area contributed by atoms with Gasteiger partial charge in [-0.05, 0) is 25.7 Å². The molecular weight excluding hydrogens is 244 g/mol. The van der Waals surface area contributed by atoms with Gasteiger partial charge in [0.1, 0.15) is 0 Å². The fraction of sp³-hybridized carbons (Fsp3) is 0.933. The van der Waals surface area contributed by atoms with Crippen LogP contribution < -0.4 is 0 Å². The summed E-state index contributed by atoms with van der Waals surface area (Å²) < 4.78 is 10.8. The fourth-order valence-corrected chi connectivity index (χ4v) is 2.91. The van der Waals surface area contributed by atoms with E-state index in [1.807, 2.05) is 13.8 Å². The Labute approximate surface area is 116 Å². The Morgan fingerprint density at radius 1 is 1.37 bits per heavy atom. The first-order chi connectivity index (χ1) is 9.04. The second kappa shape index (κ2) is 7.85. The summed E-state index contributed by atoms with van der Waals surface area (Å²) in [5, 5.41) is 10.0. The van der Waals surface area contributed by atoms with Gasteiger partial charge in [0, 0.05) is 5.92 Å². The average Bonchev–Trinajstić information content (AvgIpc) is 2.88. The van der Waals surface area contributed by atoms with Crippen LogP contribution in [0.15, 0.2) is 0 Å². The molecule has 0 aromatic heterocycles. The van der Waals surface area contributed by atoms with E-state index < -0.39 is 0 Å². The van der Waals surface area contributed by atoms with Crippen molar-refractivity contribution in [3.05, 3.63) is 0 Å². The van der Waals surface area contributed by atoms with Crippen molar-refractivity contribution in [3.8, 4) is 0 Å². The van der Waals surface area contributed by atoms with Crippen molar-refractivity contribution < 1.29 is 19.4 Å². The third kappa shape index (κ3) is 4.18. The molecule has 0 spiro atoms. The van der Waals surface area contributed by atoms with Crippen LogP contribution in [0.5, 0.6) is 0 Å². The highest BCUT2D eigenvalue weighted by Crippen LogP contribution is 2.33. The van der Waals surface area contributed by atoms with E-state index in [0.717, 1.165) is 32.1 Å². The largest absolute Gasteiger partial charge is 0.469 e. The van der Waals surface area contributed by atoms with E-state index in [4.69, 9.17) is 9.47 Å². The minimum absolute atomic E-state index is 0.0567. The van der Waals surface area contributed by atoms with Gasteiger partial charge in [-0.15, -0.1) is 0 Å². The highest BCUT2D eigenvalue weighted by Gasteiger charge is 2.38. The molecule has 4 heteroatoms. The van der Waals surface area contributed by atoms with Gasteiger partial charge in [0.2, 0.25) is 0 Å². The van der Waals surface area contributed by atoms with Crippen LogP contribution in [0.2, 0.25) is 0 Å². The Balaban J connectivity index is 2.54. The number of methoxy groups -OCH3 is 1. The van der Waals surface area contributed by atoms with E-state index in [9.17, 15) is 9.90 Å². The van der Waals surface area contributed by atoms with E-state index in [0.29, 0.717) is 0 Å². The summed E-state index contributed by atoms with van der Waals surface area (Å²) in [5.41, 5.74) is 0. The zero-order valence-electron chi connectivity index (χ0n) is 12.6. The minimum Gasteiger partial charge on any atom is -0.469 e. The molecule has 0 aromatic rings. The predicted octanol–water partition coefficient (Wildman–Crippen LogP) is 2.53. The van der Waals surface area contributed by atoms with Gasteiger partial charge >= 0.3 is 5.97 Å². The van der Waals surface area contributed by atoms with Gasteiger partial charge in [0.15, 0.2) is 0 Å². The molecule has 0 aromatic carbocycles. The van der Waals surface area contributed by atoms with Crippen LogP contribution in [-0.4, -0.2) is 36.5 Å². The van der Waals surface area contributed by atoms with Crippen LogP contribution in [-0.2, 0) is 14.3 Å². The van der Waals surface area contributed by atoms with E-state index in [1.54, 1.807) is 0 Å². The molecule has 0 bridgehead atoms. The van der Waals surface area contributed by atoms with Gasteiger partial charge in [0.05, 0.1) is 31.3 Å². The van der Waals surface area contributed by atoms with Crippen LogP contribution >= 0.6 is 0 Å². The highest BCUT2D eigenvalue weighted by molar-refractivity contribution is 5.72. The third-order valence-electron chi connectivity index (χ3n) is 4.26. The SMILES string of the molecule is CCC[C@H](O)[C@H](C)[C@@H]1CC[C@H]([C@H](CC)C(=O)OC)O1. The molecule has 4 nitrogen and oxygen atoms in total. The summed E-state index contributed by atoms with van der Waals surface area (Å²) in [7, 11) is 1.42. The monoisotopic (exact) mass is 272 g/mol. The molecule has 1 N–H and O–H groups in total. The number of aliphatic hydroxyl groups is 1. The lowest BCUT2D eigenvalue weighted by molar-refractivity contribution is -0.152. The lowest BCUT2D eigenvalue weighted by Gasteiger charge is -2.26. The minimum atomic E-state index is -0.313. The molecule has 1 saturated heterocycles. The summed E-state index contributed by atoms with van der Waals surface area (Å²) in [5.74, 6) is -0.236. The maximum Gasteiger partial charge on any atom is 0.311 e. The van der Waals surface area contributed by atoms with E-state index in [2.05, 4.69) is 6.92 Å². The number of carbonyl (C=O) groups is 1. The Kier molecular flexibility index (Phi) is 6.80. The molecule has 1 rings (SSSR count). The van der Waals surface area contributed by atoms with Gasteiger partial charge in [0.25, 0.3) is 0 Å². The zero-order valence-corrected chi connectivity index (χ0v) is 12.6. The molecule has 0 amide bonds. The number of hydrogen-bond acceptors (Lipinski definition) is 4. The second-order valence-electron chi connectivity index (χ2n) is 5.54. The van der Waals surface area contributed by atoms with E-state index in [1.165, 1.54) is 7.11 Å². The van der Waals surface area contributed by atoms with Crippen molar-refractivity contribution in [2.24, 2.45) is 11.8 Å². The summed E-state index contributed by atoms with van der Waals surface area (Å²) in [6, 6.07) is 0. The summed E-state index contributed by atoms with van der Waals surface area (Å²) >= 11 is 0. The van der Waals surface area contributed by atoms with Crippen LogP contribution in [0, 0.1) is 11.8 Å². The number of esters is 1. The highest BCUT2D eigenvalue weighted by atomic mass is 16.5. The Morgan fingerprint density at radius 3 is 2.53 bits per heavy atom. The molecule has 1 aliphatic heterocycles. The molecule has 1 heterocycles. The Bertz CT molecular complexity index is 279. The van der Waals surface area contributed by atoms with Crippen molar-refractivity contribution in [1.29, 1.82) is 0 Å². The van der Waals surface area contributed by atoms with Crippen LogP contribution in [0.1, 0.15) is 52.9 Å². The van der Waals surface area contributed by atoms with Crippen molar-refractivity contribution >= 4 is 5.97 Å². The molecule has 112 valence electrons. The van der Waals surface area contributed by atoms with Crippen molar-refractivity contribution in [2.75, 3.05) is 7.11 Å². The maximum atomic E-state index is 11.7. The Hall–Kier alpha value is -0.610. The first kappa shape index (κ1) is 16.4. The van der Waals surface area contributed by atoms with Gasteiger partial charge in [-0.1, -0.05) is 27.2 Å². The molecule has 19 heavy (non-hydrogen) atoms. The normalized spacial score (nSPS) is 27.8. The van der Waals surface area contributed by atoms with Gasteiger partial charge in [-0.2, -0.15) is 0 Å². The van der Waals surface area contributed by atoms with Crippen LogP contribution in [0.3, 0.4) is 0 Å². The summed E-state index contributed by atoms with van der Waals surface area (Å²) in [6.45, 7) is 6.08. The van der Waals surface area contributed by atoms with Crippen molar-refractivity contribution in [3.63, 3.8) is 0 Å². The molecule has 0 radical (unpaired) electrons. The quantitative estimate of drug-likeness (QED) is 0.724. The molecular formula is C15H28O4. The maximum absolute atomic E-state index is 11.7. The van der Waals surface area contributed by atoms with Gasteiger partial charge in [-0.3, -0.25) is 4.79 Å². The number of hydrogen-bond donors (Lipinski definition) is 1. The molecule has 1 fully saturated rings. The van der Waals surface area contributed by atoms with E-state index in [-0.39, 0.29) is 36.1 Å². The molecule has 0 unspecified atom stereocenters. The number of ether oxygens (including phenoxy) is 2. The third-order valence-corrected chi connectivity index (χ3v) is 4.26. The summed E-state index contributed by atoms with van der Waals surface area (Å²) in [6.07, 6.45) is 4.00. The lowest BCUT2D eigenvalue weighted by atomic mass is 9.92. The fourth-order valence-electron chi connectivity index (χ4n) is 2.91. The summed E-state index contributed by atoms with van der Waals surface area (Å²) in [4.78, 5) is 11.7. The van der Waals surface area contributed by atoms with Crippen molar-refractivity contribution in [2.45, 2.75) is 71.2 Å². The van der Waals surface area contributed by atoms with Crippen molar-refractivity contribution in [1.82, 2.24) is 0 Å². The van der Waals surface area contributed by atoms with Crippen LogP contribution in [0.4, 0.5) is 0 Å². The second-order valence-corrected chi connectivity index (χ2v) is 5.54. The lowest BCUT2D eigenvalue weighted by Crippen LogP contribution is -2.33. The number of rotatable bonds is 7. The topological polar surface area (TPSA) is 55.8 Å². The van der Waals surface area contributed by atoms with Gasteiger partial charge in [-0.25, -0.2) is 0 Å². The number of carbonyl (C=O) groups excluding carboxylic acids is 1. The number of aliphatic hydroxyl groups excluding tert-OH is 1. The predicted molar refractivity (Wildman–Crippen MR) is 73.8 cm³/mol. The standard InChI is InChI=1S/C15H28O4/c1-5-7-12(16)10(3)13-8-9-14(19-13)11(6-2)15(17)18-4/h10-14,16H,5-9H2,1-4H3/t10-,11-,12-,13-,14+/m0/s1.